The zero-order valence-electron chi connectivity index (χ0n) is 13.8. The van der Waals surface area contributed by atoms with Crippen molar-refractivity contribution in [1.29, 1.82) is 0 Å². The summed E-state index contributed by atoms with van der Waals surface area (Å²) in [5.74, 6) is -0.997. The van der Waals surface area contributed by atoms with E-state index in [9.17, 15) is 19.7 Å². The van der Waals surface area contributed by atoms with Crippen LogP contribution in [0.2, 0.25) is 0 Å². The molecule has 2 N–H and O–H groups in total. The van der Waals surface area contributed by atoms with Crippen LogP contribution in [0.5, 0.6) is 0 Å². The Hall–Kier alpha value is -3.20. The van der Waals surface area contributed by atoms with Gasteiger partial charge in [0.1, 0.15) is 5.76 Å². The van der Waals surface area contributed by atoms with E-state index in [0.717, 1.165) is 0 Å². The molecule has 0 fully saturated rings. The number of nitro benzene ring substituents is 1. The van der Waals surface area contributed by atoms with Gasteiger partial charge in [0.2, 0.25) is 0 Å². The molecule has 1 atom stereocenters. The molecule has 1 aromatic carbocycles. The zero-order chi connectivity index (χ0) is 18.4. The number of carbonyl (C=O) groups excluding carboxylic acids is 2. The van der Waals surface area contributed by atoms with Crippen LogP contribution in [0.3, 0.4) is 0 Å². The number of rotatable bonds is 6. The number of amides is 2. The summed E-state index contributed by atoms with van der Waals surface area (Å²) in [5, 5.41) is 15.5. The molecule has 0 saturated carbocycles. The van der Waals surface area contributed by atoms with Crippen molar-refractivity contribution in [3.63, 3.8) is 0 Å². The molecule has 0 radical (unpaired) electrons. The summed E-state index contributed by atoms with van der Waals surface area (Å²) in [6.07, 6.45) is 1.54. The third kappa shape index (κ3) is 4.88. The minimum atomic E-state index is -0.856. The second kappa shape index (κ2) is 8.06. The molecule has 25 heavy (non-hydrogen) atoms. The molecule has 0 aliphatic rings. The van der Waals surface area contributed by atoms with Gasteiger partial charge in [0, 0.05) is 24.4 Å². The van der Waals surface area contributed by atoms with Crippen LogP contribution < -0.4 is 10.6 Å². The largest absolute Gasteiger partial charge is 0.468 e. The van der Waals surface area contributed by atoms with E-state index in [1.165, 1.54) is 30.5 Å². The predicted octanol–water partition coefficient (Wildman–Crippen LogP) is 1.55. The normalized spacial score (nSPS) is 11.8. The highest BCUT2D eigenvalue weighted by Crippen LogP contribution is 2.18. The maximum atomic E-state index is 11.9. The number of likely N-dealkylation sites (N-methyl/N-ethyl adjacent to an activating group) is 1. The van der Waals surface area contributed by atoms with Crippen LogP contribution in [0.25, 0.3) is 0 Å². The fourth-order valence-electron chi connectivity index (χ4n) is 2.14. The Morgan fingerprint density at radius 3 is 2.40 bits per heavy atom. The molecule has 2 amide bonds. The lowest BCUT2D eigenvalue weighted by Crippen LogP contribution is -2.40. The lowest BCUT2D eigenvalue weighted by molar-refractivity contribution is -0.384. The molecule has 1 aromatic heterocycles. The van der Waals surface area contributed by atoms with Gasteiger partial charge in [0.05, 0.1) is 17.2 Å². The van der Waals surface area contributed by atoms with Crippen LogP contribution in [-0.4, -0.2) is 42.3 Å². The van der Waals surface area contributed by atoms with Crippen LogP contribution >= 0.6 is 0 Å². The number of anilines is 1. The quantitative estimate of drug-likeness (QED) is 0.465. The van der Waals surface area contributed by atoms with E-state index in [1.54, 1.807) is 12.1 Å². The van der Waals surface area contributed by atoms with Gasteiger partial charge in [-0.15, -0.1) is 0 Å². The van der Waals surface area contributed by atoms with E-state index < -0.39 is 16.7 Å². The third-order valence-electron chi connectivity index (χ3n) is 3.49. The molecule has 9 nitrogen and oxygen atoms in total. The molecule has 2 rings (SSSR count). The highest BCUT2D eigenvalue weighted by Gasteiger charge is 2.20. The first kappa shape index (κ1) is 18.1. The Bertz CT molecular complexity index is 740. The monoisotopic (exact) mass is 346 g/mol. The average molecular weight is 346 g/mol. The van der Waals surface area contributed by atoms with Crippen molar-refractivity contribution in [2.45, 2.75) is 6.04 Å². The molecule has 9 heteroatoms. The Labute approximate surface area is 143 Å². The SMILES string of the molecule is CN(C)C(CNC(=O)C(=O)Nc1ccc([N+](=O)[O-])cc1)c1ccco1. The number of non-ortho nitro benzene ring substituents is 1. The Kier molecular flexibility index (Phi) is 5.85. The number of nitrogens with one attached hydrogen (secondary N) is 2. The summed E-state index contributed by atoms with van der Waals surface area (Å²) in [6.45, 7) is 0.188. The van der Waals surface area contributed by atoms with E-state index >= 15 is 0 Å². The topological polar surface area (TPSA) is 118 Å². The molecular weight excluding hydrogens is 328 g/mol. The van der Waals surface area contributed by atoms with Crippen LogP contribution in [-0.2, 0) is 9.59 Å². The van der Waals surface area contributed by atoms with E-state index in [4.69, 9.17) is 4.42 Å². The number of furan rings is 1. The number of nitro groups is 1. The standard InChI is InChI=1S/C16H18N4O5/c1-19(2)13(14-4-3-9-25-14)10-17-15(21)16(22)18-11-5-7-12(8-6-11)20(23)24/h3-9,13H,10H2,1-2H3,(H,17,21)(H,18,22). The number of hydrogen-bond donors (Lipinski definition) is 2. The Morgan fingerprint density at radius 2 is 1.88 bits per heavy atom. The van der Waals surface area contributed by atoms with Crippen LogP contribution in [0.4, 0.5) is 11.4 Å². The first-order valence-electron chi connectivity index (χ1n) is 7.42. The van der Waals surface area contributed by atoms with E-state index in [0.29, 0.717) is 11.4 Å². The molecule has 1 unspecified atom stereocenters. The first-order chi connectivity index (χ1) is 11.9. The van der Waals surface area contributed by atoms with Crippen molar-refractivity contribution in [3.8, 4) is 0 Å². The molecule has 0 bridgehead atoms. The molecule has 2 aromatic rings. The van der Waals surface area contributed by atoms with Gasteiger partial charge in [0.15, 0.2) is 0 Å². The highest BCUT2D eigenvalue weighted by molar-refractivity contribution is 6.39. The smallest absolute Gasteiger partial charge is 0.313 e. The van der Waals surface area contributed by atoms with Gasteiger partial charge in [-0.3, -0.25) is 24.6 Å². The lowest BCUT2D eigenvalue weighted by atomic mass is 10.2. The van der Waals surface area contributed by atoms with Crippen LogP contribution in [0.1, 0.15) is 11.8 Å². The van der Waals surface area contributed by atoms with Gasteiger partial charge in [-0.25, -0.2) is 0 Å². The molecule has 0 spiro atoms. The Balaban J connectivity index is 1.91. The van der Waals surface area contributed by atoms with Crippen molar-refractivity contribution < 1.29 is 18.9 Å². The number of nitrogens with zero attached hydrogens (tertiary/aromatic N) is 2. The van der Waals surface area contributed by atoms with Gasteiger partial charge in [-0.05, 0) is 38.4 Å². The van der Waals surface area contributed by atoms with E-state index in [1.807, 2.05) is 19.0 Å². The summed E-state index contributed by atoms with van der Waals surface area (Å²) < 4.78 is 5.33. The van der Waals surface area contributed by atoms with Crippen LogP contribution in [0, 0.1) is 10.1 Å². The average Bonchev–Trinajstić information content (AvgIpc) is 3.09. The maximum absolute atomic E-state index is 11.9. The van der Waals surface area contributed by atoms with E-state index in [2.05, 4.69) is 10.6 Å². The first-order valence-corrected chi connectivity index (χ1v) is 7.42. The molecule has 132 valence electrons. The molecule has 1 heterocycles. The molecular formula is C16H18N4O5. The maximum Gasteiger partial charge on any atom is 0.313 e. The highest BCUT2D eigenvalue weighted by atomic mass is 16.6. The van der Waals surface area contributed by atoms with Crippen molar-refractivity contribution in [1.82, 2.24) is 10.2 Å². The van der Waals surface area contributed by atoms with E-state index in [-0.39, 0.29) is 18.3 Å². The zero-order valence-corrected chi connectivity index (χ0v) is 13.8. The van der Waals surface area contributed by atoms with Crippen molar-refractivity contribution >= 4 is 23.2 Å². The number of hydrogen-bond acceptors (Lipinski definition) is 6. The van der Waals surface area contributed by atoms with Gasteiger partial charge in [-0.2, -0.15) is 0 Å². The summed E-state index contributed by atoms with van der Waals surface area (Å²) in [5.41, 5.74) is 0.190. The number of carbonyl (C=O) groups is 2. The van der Waals surface area contributed by atoms with Gasteiger partial charge < -0.3 is 15.1 Å². The summed E-state index contributed by atoms with van der Waals surface area (Å²) in [4.78, 5) is 35.7. The molecule has 0 saturated heterocycles. The molecule has 0 aliphatic carbocycles. The van der Waals surface area contributed by atoms with Crippen LogP contribution in [0.15, 0.2) is 47.1 Å². The summed E-state index contributed by atoms with van der Waals surface area (Å²) >= 11 is 0. The second-order valence-electron chi connectivity index (χ2n) is 5.46. The van der Waals surface area contributed by atoms with Gasteiger partial charge in [-0.1, -0.05) is 0 Å². The Morgan fingerprint density at radius 1 is 1.20 bits per heavy atom. The van der Waals surface area contributed by atoms with Crippen molar-refractivity contribution in [2.75, 3.05) is 26.0 Å². The van der Waals surface area contributed by atoms with Gasteiger partial charge in [0.25, 0.3) is 5.69 Å². The summed E-state index contributed by atoms with van der Waals surface area (Å²) in [6, 6.07) is 8.51. The minimum Gasteiger partial charge on any atom is -0.468 e. The fourth-order valence-corrected chi connectivity index (χ4v) is 2.14. The van der Waals surface area contributed by atoms with Crippen molar-refractivity contribution in [2.24, 2.45) is 0 Å². The summed E-state index contributed by atoms with van der Waals surface area (Å²) in [7, 11) is 3.66. The number of benzene rings is 1. The fraction of sp³-hybridized carbons (Fsp3) is 0.250. The minimum absolute atomic E-state index is 0.102. The second-order valence-corrected chi connectivity index (χ2v) is 5.46. The van der Waals surface area contributed by atoms with Crippen molar-refractivity contribution in [3.05, 3.63) is 58.5 Å². The lowest BCUT2D eigenvalue weighted by Gasteiger charge is -2.22. The molecule has 0 aliphatic heterocycles. The predicted molar refractivity (Wildman–Crippen MR) is 89.9 cm³/mol. The third-order valence-corrected chi connectivity index (χ3v) is 3.49. The van der Waals surface area contributed by atoms with Gasteiger partial charge >= 0.3 is 11.8 Å².